The summed E-state index contributed by atoms with van der Waals surface area (Å²) in [7, 11) is 0. The number of ether oxygens (including phenoxy) is 1. The minimum absolute atomic E-state index is 0.0543. The van der Waals surface area contributed by atoms with Gasteiger partial charge in [0.2, 0.25) is 5.78 Å². The number of morpholine rings is 1. The highest BCUT2D eigenvalue weighted by Gasteiger charge is 2.36. The molecular formula is C40H44ClN3O6. The van der Waals surface area contributed by atoms with Crippen molar-refractivity contribution in [2.45, 2.75) is 58.4 Å². The molecule has 0 bridgehead atoms. The van der Waals surface area contributed by atoms with Crippen LogP contribution in [0.1, 0.15) is 78.5 Å². The molecule has 1 fully saturated rings. The van der Waals surface area contributed by atoms with Crippen molar-refractivity contribution in [3.05, 3.63) is 114 Å². The Balaban J connectivity index is 1.40. The van der Waals surface area contributed by atoms with Crippen LogP contribution in [0.4, 0.5) is 17.1 Å². The van der Waals surface area contributed by atoms with E-state index in [0.717, 1.165) is 36.3 Å². The normalized spacial score (nSPS) is 14.0. The molecule has 0 aliphatic carbocycles. The molecular weight excluding hydrogens is 654 g/mol. The van der Waals surface area contributed by atoms with Crippen molar-refractivity contribution >= 4 is 51.9 Å². The summed E-state index contributed by atoms with van der Waals surface area (Å²) in [6.07, 6.45) is 4.74. The number of aryl methyl sites for hydroxylation is 1. The summed E-state index contributed by atoms with van der Waals surface area (Å²) in [5.74, 6) is -0.204. The molecule has 1 aliphatic heterocycles. The number of carbonyl (C=O) groups is 3. The Labute approximate surface area is 298 Å². The van der Waals surface area contributed by atoms with E-state index >= 15 is 0 Å². The number of alkyl halides is 1. The third-order valence-electron chi connectivity index (χ3n) is 8.96. The molecule has 4 aromatic rings. The van der Waals surface area contributed by atoms with Crippen LogP contribution in [-0.2, 0) is 20.8 Å². The highest BCUT2D eigenvalue weighted by Crippen LogP contribution is 2.35. The van der Waals surface area contributed by atoms with Crippen LogP contribution in [-0.4, -0.2) is 65.9 Å². The molecule has 262 valence electrons. The minimum Gasteiger partial charge on any atom is -0.462 e. The van der Waals surface area contributed by atoms with Crippen LogP contribution in [0.15, 0.2) is 101 Å². The van der Waals surface area contributed by atoms with Gasteiger partial charge in [0.05, 0.1) is 25.0 Å². The number of anilines is 3. The molecule has 50 heavy (non-hydrogen) atoms. The quantitative estimate of drug-likeness (QED) is 0.0287. The Morgan fingerprint density at radius 1 is 0.840 bits per heavy atom. The number of ketones is 2. The monoisotopic (exact) mass is 697 g/mol. The highest BCUT2D eigenvalue weighted by molar-refractivity contribution is 6.50. The standard InChI is InChI=1S/C40H44ClN3O6/c1-4-29-11-17-32(18-12-29)44(34-21-15-31(16-22-34)39(47)40(2,3)43-24-27-48-28-25-43)33-19-13-30(14-20-33)38(46)37(35-9-8-26-49-35)42-50-36(45)10-6-5-7-23-41/h8-9,11-22,26H,4-7,10,23-25,27-28H2,1-3H3/b42-37+. The zero-order valence-electron chi connectivity index (χ0n) is 28.9. The Morgan fingerprint density at radius 2 is 1.44 bits per heavy atom. The number of nitrogens with zero attached hydrogens (tertiary/aromatic N) is 3. The first-order chi connectivity index (χ1) is 24.2. The summed E-state index contributed by atoms with van der Waals surface area (Å²) in [4.78, 5) is 49.1. The van der Waals surface area contributed by atoms with Crippen LogP contribution < -0.4 is 4.90 Å². The molecule has 0 amide bonds. The average molecular weight is 698 g/mol. The summed E-state index contributed by atoms with van der Waals surface area (Å²) in [5.41, 5.74) is 3.99. The maximum absolute atomic E-state index is 13.7. The molecule has 1 aromatic heterocycles. The van der Waals surface area contributed by atoms with Crippen LogP contribution in [0.25, 0.3) is 0 Å². The first-order valence-corrected chi connectivity index (χ1v) is 17.7. The lowest BCUT2D eigenvalue weighted by molar-refractivity contribution is -0.143. The Kier molecular flexibility index (Phi) is 12.8. The van der Waals surface area contributed by atoms with Crippen LogP contribution in [0.2, 0.25) is 0 Å². The molecule has 1 aliphatic rings. The maximum Gasteiger partial charge on any atom is 0.335 e. The van der Waals surface area contributed by atoms with Crippen molar-refractivity contribution in [3.63, 3.8) is 0 Å². The second kappa shape index (κ2) is 17.4. The van der Waals surface area contributed by atoms with Gasteiger partial charge in [-0.1, -0.05) is 30.6 Å². The van der Waals surface area contributed by atoms with Crippen molar-refractivity contribution in [3.8, 4) is 0 Å². The molecule has 1 saturated heterocycles. The molecule has 9 nitrogen and oxygen atoms in total. The molecule has 0 unspecified atom stereocenters. The van der Waals surface area contributed by atoms with Gasteiger partial charge in [0.1, 0.15) is 0 Å². The zero-order valence-corrected chi connectivity index (χ0v) is 29.7. The lowest BCUT2D eigenvalue weighted by Crippen LogP contribution is -2.54. The van der Waals surface area contributed by atoms with Crippen molar-refractivity contribution in [1.29, 1.82) is 0 Å². The van der Waals surface area contributed by atoms with Gasteiger partial charge in [0, 0.05) is 53.6 Å². The number of furan rings is 1. The maximum atomic E-state index is 13.7. The number of rotatable bonds is 16. The van der Waals surface area contributed by atoms with E-state index in [4.69, 9.17) is 25.6 Å². The number of Topliss-reactive ketones (excluding diaryl/α,β-unsaturated/α-hetero) is 2. The van der Waals surface area contributed by atoms with E-state index < -0.39 is 17.3 Å². The van der Waals surface area contributed by atoms with Gasteiger partial charge in [-0.15, -0.1) is 11.6 Å². The van der Waals surface area contributed by atoms with E-state index in [1.807, 2.05) is 50.2 Å². The topological polar surface area (TPSA) is 102 Å². The van der Waals surface area contributed by atoms with E-state index in [-0.39, 0.29) is 23.7 Å². The average Bonchev–Trinajstić information content (AvgIpc) is 3.69. The predicted octanol–water partition coefficient (Wildman–Crippen LogP) is 8.53. The first-order valence-electron chi connectivity index (χ1n) is 17.1. The van der Waals surface area contributed by atoms with Gasteiger partial charge in [0.15, 0.2) is 17.3 Å². The molecule has 0 spiro atoms. The molecule has 3 aromatic carbocycles. The lowest BCUT2D eigenvalue weighted by atomic mass is 9.90. The molecule has 0 N–H and O–H groups in total. The van der Waals surface area contributed by atoms with Gasteiger partial charge < -0.3 is 18.9 Å². The van der Waals surface area contributed by atoms with Crippen molar-refractivity contribution < 1.29 is 28.4 Å². The number of halogens is 1. The summed E-state index contributed by atoms with van der Waals surface area (Å²) in [6, 6.07) is 26.3. The number of unbranched alkanes of at least 4 members (excludes halogenated alkanes) is 2. The number of hydrogen-bond donors (Lipinski definition) is 0. The smallest absolute Gasteiger partial charge is 0.335 e. The van der Waals surface area contributed by atoms with Gasteiger partial charge in [-0.05, 0) is 111 Å². The van der Waals surface area contributed by atoms with E-state index in [9.17, 15) is 14.4 Å². The fourth-order valence-electron chi connectivity index (χ4n) is 5.90. The SMILES string of the molecule is CCc1ccc(N(c2ccc(C(=O)/C(=N/OC(=O)CCCCCCl)c3ccco3)cc2)c2ccc(C(=O)C(C)(C)N3CCOCC3)cc2)cc1. The first kappa shape index (κ1) is 36.7. The summed E-state index contributed by atoms with van der Waals surface area (Å²) in [6.45, 7) is 8.71. The summed E-state index contributed by atoms with van der Waals surface area (Å²) >= 11 is 5.72. The second-order valence-electron chi connectivity index (χ2n) is 12.6. The van der Waals surface area contributed by atoms with Gasteiger partial charge in [-0.3, -0.25) is 14.5 Å². The van der Waals surface area contributed by atoms with E-state index in [1.165, 1.54) is 11.8 Å². The molecule has 5 rings (SSSR count). The lowest BCUT2D eigenvalue weighted by Gasteiger charge is -2.39. The predicted molar refractivity (Wildman–Crippen MR) is 196 cm³/mol. The fraction of sp³-hybridized carbons (Fsp3) is 0.350. The van der Waals surface area contributed by atoms with Crippen LogP contribution >= 0.6 is 11.6 Å². The van der Waals surface area contributed by atoms with Gasteiger partial charge in [0.25, 0.3) is 0 Å². The summed E-state index contributed by atoms with van der Waals surface area (Å²) < 4.78 is 11.0. The van der Waals surface area contributed by atoms with Crippen LogP contribution in [0, 0.1) is 0 Å². The number of hydrogen-bond acceptors (Lipinski definition) is 9. The Hall–Kier alpha value is -4.57. The molecule has 0 radical (unpaired) electrons. The van der Waals surface area contributed by atoms with Crippen molar-refractivity contribution in [2.75, 3.05) is 37.1 Å². The van der Waals surface area contributed by atoms with Crippen LogP contribution in [0.5, 0.6) is 0 Å². The van der Waals surface area contributed by atoms with Gasteiger partial charge >= 0.3 is 5.97 Å². The highest BCUT2D eigenvalue weighted by atomic mass is 35.5. The Morgan fingerprint density at radius 3 is 2.00 bits per heavy atom. The minimum atomic E-state index is -0.663. The molecule has 10 heteroatoms. The summed E-state index contributed by atoms with van der Waals surface area (Å²) in [5, 5.41) is 3.93. The second-order valence-corrected chi connectivity index (χ2v) is 13.0. The largest absolute Gasteiger partial charge is 0.462 e. The van der Waals surface area contributed by atoms with Crippen molar-refractivity contribution in [2.24, 2.45) is 5.16 Å². The van der Waals surface area contributed by atoms with E-state index in [0.29, 0.717) is 49.7 Å². The van der Waals surface area contributed by atoms with Gasteiger partial charge in [-0.25, -0.2) is 4.79 Å². The van der Waals surface area contributed by atoms with Crippen molar-refractivity contribution in [1.82, 2.24) is 4.90 Å². The van der Waals surface area contributed by atoms with Gasteiger partial charge in [-0.2, -0.15) is 0 Å². The van der Waals surface area contributed by atoms with E-state index in [1.54, 1.807) is 24.3 Å². The Bertz CT molecular complexity index is 1740. The number of oxime groups is 1. The number of benzene rings is 3. The third-order valence-corrected chi connectivity index (χ3v) is 9.23. The molecule has 2 heterocycles. The fourth-order valence-corrected chi connectivity index (χ4v) is 6.09. The molecule has 0 atom stereocenters. The molecule has 0 saturated carbocycles. The third kappa shape index (κ3) is 8.96. The van der Waals surface area contributed by atoms with E-state index in [2.05, 4.69) is 46.1 Å². The van der Waals surface area contributed by atoms with Crippen LogP contribution in [0.3, 0.4) is 0 Å². The number of carbonyl (C=O) groups excluding carboxylic acids is 3. The zero-order chi connectivity index (χ0) is 35.5.